The smallest absolute Gasteiger partial charge is 0.0142 e. The van der Waals surface area contributed by atoms with Gasteiger partial charge in [-0.3, -0.25) is 0 Å². The fourth-order valence-corrected chi connectivity index (χ4v) is 6.03. The van der Waals surface area contributed by atoms with Crippen LogP contribution in [0.25, 0.3) is 33.0 Å². The molecule has 0 saturated carbocycles. The minimum atomic E-state index is 0.350. The molecule has 0 saturated heterocycles. The molecule has 0 heteroatoms. The molecule has 5 aromatic carbocycles. The molecule has 1 atom stereocenters. The lowest BCUT2D eigenvalue weighted by Crippen LogP contribution is -2.37. The van der Waals surface area contributed by atoms with Gasteiger partial charge in [0.2, 0.25) is 0 Å². The summed E-state index contributed by atoms with van der Waals surface area (Å²) in [5.41, 5.74) is 9.38. The number of allylic oxidation sites excluding steroid dienone is 4. The Morgan fingerprint density at radius 1 is 0.528 bits per heavy atom. The van der Waals surface area contributed by atoms with Crippen molar-refractivity contribution in [3.63, 3.8) is 0 Å². The molecule has 0 aliphatic heterocycles. The van der Waals surface area contributed by atoms with Crippen LogP contribution in [0.1, 0.15) is 17.5 Å². The van der Waals surface area contributed by atoms with Gasteiger partial charge in [-0.15, -0.1) is 0 Å². The molecule has 0 bridgehead atoms. The van der Waals surface area contributed by atoms with E-state index in [2.05, 4.69) is 140 Å². The fourth-order valence-electron chi connectivity index (χ4n) is 6.03. The zero-order valence-corrected chi connectivity index (χ0v) is 20.1. The molecule has 0 radical (unpaired) electrons. The van der Waals surface area contributed by atoms with Gasteiger partial charge in [0.1, 0.15) is 0 Å². The zero-order chi connectivity index (χ0) is 23.9. The second-order valence-electron chi connectivity index (χ2n) is 9.64. The van der Waals surface area contributed by atoms with Gasteiger partial charge < -0.3 is 0 Å². The van der Waals surface area contributed by atoms with E-state index in [-0.39, 0.29) is 0 Å². The van der Waals surface area contributed by atoms with Crippen molar-refractivity contribution in [2.24, 2.45) is 5.92 Å². The monoisotopic (exact) mass is 458 g/mol. The van der Waals surface area contributed by atoms with Gasteiger partial charge in [0, 0.05) is 5.92 Å². The van der Waals surface area contributed by atoms with Crippen LogP contribution in [-0.2, 0) is 0 Å². The molecule has 36 heavy (non-hydrogen) atoms. The van der Waals surface area contributed by atoms with Crippen LogP contribution in [0.15, 0.2) is 145 Å². The van der Waals surface area contributed by atoms with E-state index in [1.165, 1.54) is 60.2 Å². The number of hydrogen-bond donors (Lipinski definition) is 0. The maximum absolute atomic E-state index is 2.33. The third-order valence-electron chi connectivity index (χ3n) is 7.64. The molecule has 0 spiro atoms. The first kappa shape index (κ1) is 20.9. The van der Waals surface area contributed by atoms with E-state index >= 15 is 0 Å². The predicted molar refractivity (Wildman–Crippen MR) is 152 cm³/mol. The number of rotatable bonds is 3. The van der Waals surface area contributed by atoms with Crippen molar-refractivity contribution in [3.05, 3.63) is 167 Å². The van der Waals surface area contributed by atoms with Crippen molar-refractivity contribution in [1.82, 2.24) is 0 Å². The third kappa shape index (κ3) is 3.38. The zero-order valence-electron chi connectivity index (χ0n) is 20.1. The summed E-state index contributed by atoms with van der Waals surface area (Å²) in [6.07, 6.45) is 7.90. The molecule has 2 aliphatic carbocycles. The molecule has 5 aromatic rings. The van der Waals surface area contributed by atoms with E-state index in [1.807, 2.05) is 0 Å². The van der Waals surface area contributed by atoms with Crippen molar-refractivity contribution < 1.29 is 0 Å². The average molecular weight is 459 g/mol. The van der Waals surface area contributed by atoms with Crippen LogP contribution in [0.4, 0.5) is 0 Å². The normalized spacial score (nSPS) is 16.4. The molecule has 0 nitrogen and oxygen atoms in total. The molecule has 0 fully saturated rings. The van der Waals surface area contributed by atoms with Crippen LogP contribution in [0.3, 0.4) is 0 Å². The molecule has 0 N–H and O–H groups in total. The maximum Gasteiger partial charge on any atom is 0.0142 e. The Hall–Kier alpha value is -4.42. The van der Waals surface area contributed by atoms with Crippen molar-refractivity contribution in [3.8, 4) is 11.1 Å². The standard InChI is InChI=1S/C36H26/c1-2-12-27(13-3-1)35-31-16-6-8-18-33(31)36(34-19-9-7-17-32(34)35)28-23-21-26(22-24-28)30-20-10-14-25-11-4-5-15-29(25)30/h1-18,20-24,34H,19H2. The van der Waals surface area contributed by atoms with Crippen LogP contribution in [0, 0.1) is 5.92 Å². The molecule has 170 valence electrons. The Morgan fingerprint density at radius 3 is 2.08 bits per heavy atom. The molecular formula is C36H26. The molecule has 0 aromatic heterocycles. The summed E-state index contributed by atoms with van der Waals surface area (Å²) in [6, 6.07) is 44.3. The summed E-state index contributed by atoms with van der Waals surface area (Å²) >= 11 is 0. The van der Waals surface area contributed by atoms with Crippen LogP contribution < -0.4 is 10.4 Å². The second-order valence-corrected chi connectivity index (χ2v) is 9.64. The number of hydrogen-bond acceptors (Lipinski definition) is 0. The highest BCUT2D eigenvalue weighted by molar-refractivity contribution is 5.97. The lowest BCUT2D eigenvalue weighted by Gasteiger charge is -2.31. The molecule has 7 rings (SSSR count). The topological polar surface area (TPSA) is 0 Å². The van der Waals surface area contributed by atoms with Gasteiger partial charge in [0.05, 0.1) is 0 Å². The van der Waals surface area contributed by atoms with Gasteiger partial charge in [-0.1, -0.05) is 140 Å². The Balaban J connectivity index is 1.45. The lowest BCUT2D eigenvalue weighted by molar-refractivity contribution is 0.798. The molecule has 1 unspecified atom stereocenters. The maximum atomic E-state index is 2.33. The van der Waals surface area contributed by atoms with E-state index in [1.54, 1.807) is 0 Å². The highest BCUT2D eigenvalue weighted by Gasteiger charge is 2.29. The highest BCUT2D eigenvalue weighted by atomic mass is 14.3. The second kappa shape index (κ2) is 8.66. The molecule has 0 heterocycles. The van der Waals surface area contributed by atoms with Gasteiger partial charge in [-0.25, -0.2) is 0 Å². The third-order valence-corrected chi connectivity index (χ3v) is 7.64. The Labute approximate surface area is 211 Å². The van der Waals surface area contributed by atoms with Gasteiger partial charge in [0.15, 0.2) is 0 Å². The lowest BCUT2D eigenvalue weighted by atomic mass is 9.72. The summed E-state index contributed by atoms with van der Waals surface area (Å²) in [5.74, 6) is 0.350. The SMILES string of the molecule is C1=CCC2C(=C1)C(c1ccccc1)=c1ccccc1=C2c1ccc(-c2cccc3ccccc23)cc1. The fraction of sp³-hybridized carbons (Fsp3) is 0.0556. The van der Waals surface area contributed by atoms with Crippen molar-refractivity contribution >= 4 is 21.9 Å². The van der Waals surface area contributed by atoms with Crippen LogP contribution in [-0.4, -0.2) is 0 Å². The van der Waals surface area contributed by atoms with Gasteiger partial charge in [-0.05, 0) is 66.6 Å². The summed E-state index contributed by atoms with van der Waals surface area (Å²) in [4.78, 5) is 0. The highest BCUT2D eigenvalue weighted by Crippen LogP contribution is 2.40. The average Bonchev–Trinajstić information content (AvgIpc) is 2.96. The van der Waals surface area contributed by atoms with Gasteiger partial charge >= 0.3 is 0 Å². The van der Waals surface area contributed by atoms with Gasteiger partial charge in [0.25, 0.3) is 0 Å². The Bertz CT molecular complexity index is 1780. The van der Waals surface area contributed by atoms with Crippen molar-refractivity contribution in [1.29, 1.82) is 0 Å². The molecule has 2 aliphatic rings. The first-order chi connectivity index (χ1) is 17.9. The Kier molecular flexibility index (Phi) is 5.03. The van der Waals surface area contributed by atoms with E-state index in [0.29, 0.717) is 5.92 Å². The summed E-state index contributed by atoms with van der Waals surface area (Å²) < 4.78 is 0. The van der Waals surface area contributed by atoms with E-state index in [0.717, 1.165) is 6.42 Å². The minimum absolute atomic E-state index is 0.350. The summed E-state index contributed by atoms with van der Waals surface area (Å²) in [6.45, 7) is 0. The van der Waals surface area contributed by atoms with Gasteiger partial charge in [-0.2, -0.15) is 0 Å². The largest absolute Gasteiger partial charge is 0.0836 e. The van der Waals surface area contributed by atoms with Crippen LogP contribution in [0.5, 0.6) is 0 Å². The van der Waals surface area contributed by atoms with E-state index in [4.69, 9.17) is 0 Å². The predicted octanol–water partition coefficient (Wildman–Crippen LogP) is 7.42. The minimum Gasteiger partial charge on any atom is -0.0836 e. The van der Waals surface area contributed by atoms with Crippen LogP contribution >= 0.6 is 0 Å². The Morgan fingerprint density at radius 2 is 1.22 bits per heavy atom. The molecular weight excluding hydrogens is 432 g/mol. The number of benzene rings is 5. The van der Waals surface area contributed by atoms with E-state index in [9.17, 15) is 0 Å². The number of fused-ring (bicyclic) bond motifs is 3. The first-order valence-electron chi connectivity index (χ1n) is 12.7. The summed E-state index contributed by atoms with van der Waals surface area (Å²) in [7, 11) is 0. The van der Waals surface area contributed by atoms with Crippen LogP contribution in [0.2, 0.25) is 0 Å². The van der Waals surface area contributed by atoms with Crippen molar-refractivity contribution in [2.45, 2.75) is 6.42 Å². The summed E-state index contributed by atoms with van der Waals surface area (Å²) in [5, 5.41) is 5.26. The van der Waals surface area contributed by atoms with Crippen molar-refractivity contribution in [2.75, 3.05) is 0 Å². The molecule has 0 amide bonds. The quantitative estimate of drug-likeness (QED) is 0.264. The van der Waals surface area contributed by atoms with E-state index < -0.39 is 0 Å². The first-order valence-corrected chi connectivity index (χ1v) is 12.7.